The van der Waals surface area contributed by atoms with Crippen molar-refractivity contribution in [2.24, 2.45) is 0 Å². The van der Waals surface area contributed by atoms with Crippen LogP contribution in [0.1, 0.15) is 42.3 Å². The number of anilines is 2. The molecule has 1 fully saturated rings. The van der Waals surface area contributed by atoms with Gasteiger partial charge < -0.3 is 35.6 Å². The van der Waals surface area contributed by atoms with Gasteiger partial charge in [0.25, 0.3) is 0 Å². The molecule has 6 rings (SSSR count). The highest BCUT2D eigenvalue weighted by atomic mass is 79.9. The number of amides is 3. The number of piperidine rings is 1. The lowest BCUT2D eigenvalue weighted by Gasteiger charge is -2.39. The molecule has 0 unspecified atom stereocenters. The number of carbonyl (C=O) groups excluding carboxylic acids is 2. The Balaban J connectivity index is 1.19. The molecule has 0 spiro atoms. The monoisotopic (exact) mass is 792 g/mol. The molecule has 0 saturated carbocycles. The van der Waals surface area contributed by atoms with Gasteiger partial charge >= 0.3 is 12.1 Å². The average molecular weight is 795 g/mol. The first-order chi connectivity index (χ1) is 23.7. The number of para-hydroxylation sites is 1. The summed E-state index contributed by atoms with van der Waals surface area (Å²) in [5.74, 6) is 0.744. The van der Waals surface area contributed by atoms with Crippen molar-refractivity contribution in [2.75, 3.05) is 44.8 Å². The highest BCUT2D eigenvalue weighted by Gasteiger charge is 2.33. The molecule has 0 bridgehead atoms. The lowest BCUT2D eigenvalue weighted by Crippen LogP contribution is -2.50. The second-order valence-corrected chi connectivity index (χ2v) is 14.5. The molecule has 1 aromatic heterocycles. The molecule has 11 nitrogen and oxygen atoms in total. The Morgan fingerprint density at radius 2 is 1.78 bits per heavy atom. The maximum Gasteiger partial charge on any atom is 0.426 e. The van der Waals surface area contributed by atoms with Crippen LogP contribution < -0.4 is 16.4 Å². The van der Waals surface area contributed by atoms with Crippen molar-refractivity contribution in [3.05, 3.63) is 98.8 Å². The number of benzene rings is 3. The van der Waals surface area contributed by atoms with Crippen molar-refractivity contribution in [3.8, 4) is 11.3 Å². The van der Waals surface area contributed by atoms with Gasteiger partial charge in [-0.3, -0.25) is 0 Å². The highest BCUT2D eigenvalue weighted by molar-refractivity contribution is 9.11. The van der Waals surface area contributed by atoms with Crippen LogP contribution in [0.5, 0.6) is 0 Å². The zero-order valence-corrected chi connectivity index (χ0v) is 30.9. The zero-order valence-electron chi connectivity index (χ0n) is 27.7. The van der Waals surface area contributed by atoms with E-state index in [-0.39, 0.29) is 12.1 Å². The smallest absolute Gasteiger partial charge is 0.397 e. The minimum absolute atomic E-state index is 0.0532. The summed E-state index contributed by atoms with van der Waals surface area (Å²) in [5, 5.41) is 7.84. The molecule has 3 heterocycles. The first-order valence-electron chi connectivity index (χ1n) is 16.5. The molecule has 13 heteroatoms. The van der Waals surface area contributed by atoms with Crippen LogP contribution in [0, 0.1) is 0 Å². The number of hydrogen-bond acceptors (Lipinski definition) is 7. The Kier molecular flexibility index (Phi) is 11.2. The maximum absolute atomic E-state index is 13.6. The Labute approximate surface area is 304 Å². The van der Waals surface area contributed by atoms with Crippen LogP contribution in [-0.4, -0.2) is 76.3 Å². The third-order valence-corrected chi connectivity index (χ3v) is 10.4. The number of nitrogens with two attached hydrogens (primary N) is 1. The molecule has 258 valence electrons. The van der Waals surface area contributed by atoms with Crippen LogP contribution in [0.15, 0.2) is 81.9 Å². The second-order valence-electron chi connectivity index (χ2n) is 12.8. The molecule has 4 aromatic rings. The molecule has 1 atom stereocenters. The molecule has 2 aliphatic heterocycles. The summed E-state index contributed by atoms with van der Waals surface area (Å²) in [4.78, 5) is 41.3. The number of urea groups is 1. The first-order valence-corrected chi connectivity index (χ1v) is 18.1. The summed E-state index contributed by atoms with van der Waals surface area (Å²) in [7, 11) is 4.13. The van der Waals surface area contributed by atoms with Gasteiger partial charge in [-0.05, 0) is 107 Å². The van der Waals surface area contributed by atoms with E-state index in [1.165, 1.54) is 0 Å². The van der Waals surface area contributed by atoms with Crippen LogP contribution in [-0.2, 0) is 24.3 Å². The molecular formula is C36H42Br2N8O3. The number of nitrogen functional groups attached to an aromatic ring is 1. The molecule has 1 saturated heterocycles. The fraction of sp³-hybridized carbons (Fsp3) is 0.361. The number of nitrogens with one attached hydrogen (secondary N) is 2. The molecule has 49 heavy (non-hydrogen) atoms. The van der Waals surface area contributed by atoms with E-state index >= 15 is 0 Å². The van der Waals surface area contributed by atoms with Gasteiger partial charge in [0.1, 0.15) is 5.82 Å². The SMILES string of the molecule is CN(C)CCCn1c(-c2ccccc2)cnc1[C@@H](Cc1cc(Br)c(N)c(Br)c1)NC(=O)ON1CCC(N2Cc3ccccc3NC2=O)CC1. The number of fused-ring (bicyclic) bond motifs is 1. The van der Waals surface area contributed by atoms with Crippen molar-refractivity contribution in [1.82, 2.24) is 29.7 Å². The topological polar surface area (TPSA) is 121 Å². The molecule has 0 radical (unpaired) electrons. The Hall–Kier alpha value is -3.91. The van der Waals surface area contributed by atoms with Gasteiger partial charge in [-0.25, -0.2) is 14.6 Å². The number of aromatic nitrogens is 2. The fourth-order valence-corrected chi connectivity index (χ4v) is 7.81. The number of rotatable bonds is 11. The van der Waals surface area contributed by atoms with Gasteiger partial charge in [0.15, 0.2) is 0 Å². The van der Waals surface area contributed by atoms with Crippen LogP contribution in [0.3, 0.4) is 0 Å². The van der Waals surface area contributed by atoms with Crippen LogP contribution >= 0.6 is 31.9 Å². The second kappa shape index (κ2) is 15.8. The highest BCUT2D eigenvalue weighted by Crippen LogP contribution is 2.33. The van der Waals surface area contributed by atoms with E-state index in [1.54, 1.807) is 5.06 Å². The van der Waals surface area contributed by atoms with E-state index in [0.29, 0.717) is 44.6 Å². The largest absolute Gasteiger partial charge is 0.426 e. The van der Waals surface area contributed by atoms with Crippen molar-refractivity contribution >= 4 is 55.4 Å². The van der Waals surface area contributed by atoms with E-state index < -0.39 is 12.1 Å². The number of nitrogens with zero attached hydrogens (tertiary/aromatic N) is 5. The summed E-state index contributed by atoms with van der Waals surface area (Å²) >= 11 is 7.15. The van der Waals surface area contributed by atoms with Gasteiger partial charge in [0.05, 0.1) is 23.6 Å². The van der Waals surface area contributed by atoms with Crippen LogP contribution in [0.4, 0.5) is 21.0 Å². The summed E-state index contributed by atoms with van der Waals surface area (Å²) < 4.78 is 3.75. The number of hydroxylamine groups is 2. The standard InChI is InChI=1S/C36H42Br2N8O3/c1-43(2)15-8-16-45-32(25-9-4-3-5-10-25)22-40-34(45)31(21-24-19-28(37)33(39)29(38)20-24)42-36(48)49-44-17-13-27(14-18-44)46-23-26-11-6-7-12-30(26)41-35(46)47/h3-7,9-12,19-20,22,27,31H,8,13-18,21,23,39H2,1-2H3,(H,41,47)(H,42,48)/t31-/m1/s1. The third kappa shape index (κ3) is 8.46. The van der Waals surface area contributed by atoms with Crippen molar-refractivity contribution in [1.29, 1.82) is 0 Å². The quantitative estimate of drug-likeness (QED) is 0.139. The number of carbonyl (C=O) groups is 2. The van der Waals surface area contributed by atoms with Gasteiger partial charge in [-0.1, -0.05) is 48.5 Å². The summed E-state index contributed by atoms with van der Waals surface area (Å²) in [6.45, 7) is 3.24. The van der Waals surface area contributed by atoms with Crippen molar-refractivity contribution in [2.45, 2.75) is 50.9 Å². The van der Waals surface area contributed by atoms with Gasteiger partial charge in [-0.15, -0.1) is 5.06 Å². The van der Waals surface area contributed by atoms with E-state index in [0.717, 1.165) is 62.4 Å². The minimum Gasteiger partial charge on any atom is -0.397 e. The normalized spacial score (nSPS) is 15.9. The molecule has 3 amide bonds. The summed E-state index contributed by atoms with van der Waals surface area (Å²) in [6.07, 6.45) is 4.08. The predicted molar refractivity (Wildman–Crippen MR) is 199 cm³/mol. The van der Waals surface area contributed by atoms with Crippen LogP contribution in [0.2, 0.25) is 0 Å². The molecular weight excluding hydrogens is 752 g/mol. The van der Waals surface area contributed by atoms with E-state index in [9.17, 15) is 9.59 Å². The van der Waals surface area contributed by atoms with Gasteiger partial charge in [0, 0.05) is 53.3 Å². The Morgan fingerprint density at radius 3 is 2.49 bits per heavy atom. The van der Waals surface area contributed by atoms with E-state index in [2.05, 4.69) is 78.2 Å². The molecule has 4 N–H and O–H groups in total. The number of imidazole rings is 1. The summed E-state index contributed by atoms with van der Waals surface area (Å²) in [5.41, 5.74) is 11.8. The summed E-state index contributed by atoms with van der Waals surface area (Å²) in [6, 6.07) is 21.5. The molecule has 2 aliphatic rings. The van der Waals surface area contributed by atoms with E-state index in [4.69, 9.17) is 15.6 Å². The van der Waals surface area contributed by atoms with E-state index in [1.807, 2.05) is 65.7 Å². The fourth-order valence-electron chi connectivity index (χ4n) is 6.53. The average Bonchev–Trinajstić information content (AvgIpc) is 3.51. The maximum atomic E-state index is 13.6. The van der Waals surface area contributed by atoms with Gasteiger partial charge in [-0.2, -0.15) is 0 Å². The van der Waals surface area contributed by atoms with Gasteiger partial charge in [0.2, 0.25) is 0 Å². The lowest BCUT2D eigenvalue weighted by molar-refractivity contribution is -0.120. The third-order valence-electron chi connectivity index (χ3n) is 9.06. The van der Waals surface area contributed by atoms with Crippen molar-refractivity contribution in [3.63, 3.8) is 0 Å². The number of hydrogen-bond donors (Lipinski definition) is 3. The first kappa shape index (κ1) is 34.9. The lowest BCUT2D eigenvalue weighted by atomic mass is 10.0. The Morgan fingerprint density at radius 1 is 1.08 bits per heavy atom. The zero-order chi connectivity index (χ0) is 34.5. The molecule has 0 aliphatic carbocycles. The predicted octanol–water partition coefficient (Wildman–Crippen LogP) is 7.05. The van der Waals surface area contributed by atoms with Crippen LogP contribution in [0.25, 0.3) is 11.3 Å². The number of halogens is 2. The van der Waals surface area contributed by atoms with Crippen molar-refractivity contribution < 1.29 is 14.4 Å². The Bertz CT molecular complexity index is 1750. The minimum atomic E-state index is -0.550. The molecule has 3 aromatic carbocycles.